The molecule has 0 aliphatic carbocycles. The number of hydrogen-bond donors (Lipinski definition) is 2. The predicted octanol–water partition coefficient (Wildman–Crippen LogP) is 1.06. The minimum atomic E-state index is -0.893. The number of carbonyl (C=O) groups is 2. The zero-order chi connectivity index (χ0) is 13.7. The summed E-state index contributed by atoms with van der Waals surface area (Å²) in [5, 5.41) is 15.2. The third-order valence-corrected chi connectivity index (χ3v) is 2.91. The van der Waals surface area contributed by atoms with Gasteiger partial charge in [-0.05, 0) is 20.3 Å². The van der Waals surface area contributed by atoms with Crippen molar-refractivity contribution in [3.63, 3.8) is 0 Å². The van der Waals surface area contributed by atoms with Gasteiger partial charge >= 0.3 is 5.97 Å². The van der Waals surface area contributed by atoms with Gasteiger partial charge in [-0.3, -0.25) is 9.59 Å². The summed E-state index contributed by atoms with van der Waals surface area (Å²) in [4.78, 5) is 22.5. The Balaban J connectivity index is 2.50. The van der Waals surface area contributed by atoms with E-state index in [1.165, 1.54) is 0 Å². The first-order valence-electron chi connectivity index (χ1n) is 5.87. The number of rotatable bonds is 6. The Morgan fingerprint density at radius 3 is 2.56 bits per heavy atom. The Morgan fingerprint density at radius 2 is 2.11 bits per heavy atom. The van der Waals surface area contributed by atoms with E-state index in [-0.39, 0.29) is 18.9 Å². The molecule has 0 aromatic carbocycles. The molecule has 1 heterocycles. The quantitative estimate of drug-likeness (QED) is 0.791. The third kappa shape index (κ3) is 3.58. The van der Waals surface area contributed by atoms with E-state index in [2.05, 4.69) is 10.5 Å². The Bertz CT molecular complexity index is 420. The van der Waals surface area contributed by atoms with Gasteiger partial charge in [-0.2, -0.15) is 0 Å². The van der Waals surface area contributed by atoms with Gasteiger partial charge in [0.25, 0.3) is 0 Å². The molecule has 0 fully saturated rings. The number of nitrogens with zero attached hydrogens (tertiary/aromatic N) is 1. The monoisotopic (exact) mass is 254 g/mol. The zero-order valence-corrected chi connectivity index (χ0v) is 10.8. The highest BCUT2D eigenvalue weighted by Crippen LogP contribution is 2.12. The van der Waals surface area contributed by atoms with Crippen LogP contribution in [0.3, 0.4) is 0 Å². The van der Waals surface area contributed by atoms with E-state index < -0.39 is 11.9 Å². The van der Waals surface area contributed by atoms with Gasteiger partial charge in [0.05, 0.1) is 18.0 Å². The average molecular weight is 254 g/mol. The van der Waals surface area contributed by atoms with Gasteiger partial charge in [0.15, 0.2) is 0 Å². The lowest BCUT2D eigenvalue weighted by atomic mass is 10.1. The van der Waals surface area contributed by atoms with Crippen molar-refractivity contribution in [1.82, 2.24) is 10.5 Å². The molecule has 0 aliphatic rings. The highest BCUT2D eigenvalue weighted by molar-refractivity contribution is 5.79. The molecule has 0 spiro atoms. The summed E-state index contributed by atoms with van der Waals surface area (Å²) in [5.74, 6) is -1.04. The van der Waals surface area contributed by atoms with Crippen LogP contribution in [0.25, 0.3) is 0 Å². The molecule has 0 saturated carbocycles. The van der Waals surface area contributed by atoms with Gasteiger partial charge in [-0.15, -0.1) is 0 Å². The van der Waals surface area contributed by atoms with E-state index in [0.717, 1.165) is 5.56 Å². The van der Waals surface area contributed by atoms with Crippen LogP contribution in [0.1, 0.15) is 30.4 Å². The van der Waals surface area contributed by atoms with Crippen molar-refractivity contribution in [3.05, 3.63) is 17.0 Å². The second-order valence-corrected chi connectivity index (χ2v) is 4.23. The molecule has 1 amide bonds. The van der Waals surface area contributed by atoms with E-state index in [0.29, 0.717) is 17.9 Å². The molecule has 1 rings (SSSR count). The first kappa shape index (κ1) is 14.2. The molecule has 1 atom stereocenters. The van der Waals surface area contributed by atoms with Crippen LogP contribution >= 0.6 is 0 Å². The molecule has 1 unspecified atom stereocenters. The van der Waals surface area contributed by atoms with Crippen LogP contribution in [0.4, 0.5) is 0 Å². The first-order chi connectivity index (χ1) is 8.45. The van der Waals surface area contributed by atoms with E-state index in [1.54, 1.807) is 20.8 Å². The number of amides is 1. The molecule has 6 heteroatoms. The topological polar surface area (TPSA) is 92.4 Å². The van der Waals surface area contributed by atoms with Crippen LogP contribution in [0.15, 0.2) is 4.52 Å². The van der Waals surface area contributed by atoms with Crippen LogP contribution in [-0.2, 0) is 16.0 Å². The molecule has 18 heavy (non-hydrogen) atoms. The summed E-state index contributed by atoms with van der Waals surface area (Å²) in [6.07, 6.45) is 0.651. The summed E-state index contributed by atoms with van der Waals surface area (Å²) >= 11 is 0. The number of aliphatic carboxylic acids is 1. The molecule has 0 radical (unpaired) electrons. The smallest absolute Gasteiger partial charge is 0.308 e. The van der Waals surface area contributed by atoms with Crippen molar-refractivity contribution < 1.29 is 19.2 Å². The Labute approximate surface area is 105 Å². The molecule has 6 nitrogen and oxygen atoms in total. The van der Waals surface area contributed by atoms with Gasteiger partial charge in [-0.25, -0.2) is 0 Å². The first-order valence-corrected chi connectivity index (χ1v) is 5.87. The van der Waals surface area contributed by atoms with E-state index in [9.17, 15) is 9.59 Å². The lowest BCUT2D eigenvalue weighted by Crippen LogP contribution is -2.33. The number of aryl methyl sites for hydroxylation is 2. The van der Waals surface area contributed by atoms with Gasteiger partial charge in [0.2, 0.25) is 5.91 Å². The fourth-order valence-corrected chi connectivity index (χ4v) is 1.62. The summed E-state index contributed by atoms with van der Waals surface area (Å²) < 4.78 is 4.96. The predicted molar refractivity (Wildman–Crippen MR) is 64.1 cm³/mol. The van der Waals surface area contributed by atoms with Gasteiger partial charge in [0, 0.05) is 12.1 Å². The lowest BCUT2D eigenvalue weighted by molar-refractivity contribution is -0.141. The lowest BCUT2D eigenvalue weighted by Gasteiger charge is -2.10. The molecular weight excluding hydrogens is 236 g/mol. The fraction of sp³-hybridized carbons (Fsp3) is 0.583. The summed E-state index contributed by atoms with van der Waals surface area (Å²) in [5.41, 5.74) is 1.45. The molecule has 1 aromatic rings. The number of nitrogens with one attached hydrogen (secondary N) is 1. The Morgan fingerprint density at radius 1 is 1.44 bits per heavy atom. The van der Waals surface area contributed by atoms with Gasteiger partial charge < -0.3 is 14.9 Å². The average Bonchev–Trinajstić information content (AvgIpc) is 2.61. The molecule has 100 valence electrons. The molecular formula is C12H18N2O4. The molecule has 0 bridgehead atoms. The summed E-state index contributed by atoms with van der Waals surface area (Å²) in [7, 11) is 0. The van der Waals surface area contributed by atoms with Crippen molar-refractivity contribution >= 4 is 11.9 Å². The Hall–Kier alpha value is -1.85. The van der Waals surface area contributed by atoms with Crippen LogP contribution in [0.2, 0.25) is 0 Å². The van der Waals surface area contributed by atoms with Gasteiger partial charge in [0.1, 0.15) is 5.76 Å². The summed E-state index contributed by atoms with van der Waals surface area (Å²) in [6.45, 7) is 5.44. The number of carboxylic acid groups (broad SMARTS) is 1. The van der Waals surface area contributed by atoms with Crippen LogP contribution in [0.5, 0.6) is 0 Å². The van der Waals surface area contributed by atoms with E-state index in [1.807, 2.05) is 0 Å². The minimum absolute atomic E-state index is 0.147. The van der Waals surface area contributed by atoms with Crippen molar-refractivity contribution in [2.75, 3.05) is 6.54 Å². The van der Waals surface area contributed by atoms with Crippen molar-refractivity contribution in [1.29, 1.82) is 0 Å². The molecule has 0 saturated heterocycles. The number of carboxylic acids is 1. The van der Waals surface area contributed by atoms with E-state index >= 15 is 0 Å². The second kappa shape index (κ2) is 6.18. The molecule has 0 aliphatic heterocycles. The number of carbonyl (C=O) groups excluding carboxylic acids is 1. The minimum Gasteiger partial charge on any atom is -0.481 e. The zero-order valence-electron chi connectivity index (χ0n) is 10.8. The van der Waals surface area contributed by atoms with Gasteiger partial charge in [-0.1, -0.05) is 12.1 Å². The van der Waals surface area contributed by atoms with Crippen LogP contribution in [0, 0.1) is 19.8 Å². The maximum absolute atomic E-state index is 11.7. The SMILES string of the molecule is CCC(CNC(=O)Cc1c(C)noc1C)C(=O)O. The third-order valence-electron chi connectivity index (χ3n) is 2.91. The summed E-state index contributed by atoms with van der Waals surface area (Å²) in [6, 6.07) is 0. The van der Waals surface area contributed by atoms with Crippen LogP contribution in [-0.4, -0.2) is 28.7 Å². The number of aromatic nitrogens is 1. The Kier molecular flexibility index (Phi) is 4.88. The standard InChI is InChI=1S/C12H18N2O4/c1-4-9(12(16)17)6-13-11(15)5-10-7(2)14-18-8(10)3/h9H,4-6H2,1-3H3,(H,13,15)(H,16,17). The van der Waals surface area contributed by atoms with Crippen LogP contribution < -0.4 is 5.32 Å². The second-order valence-electron chi connectivity index (χ2n) is 4.23. The highest BCUT2D eigenvalue weighted by atomic mass is 16.5. The molecule has 1 aromatic heterocycles. The number of hydrogen-bond acceptors (Lipinski definition) is 4. The molecule has 2 N–H and O–H groups in total. The highest BCUT2D eigenvalue weighted by Gasteiger charge is 2.17. The maximum atomic E-state index is 11.7. The normalized spacial score (nSPS) is 12.2. The largest absolute Gasteiger partial charge is 0.481 e. The van der Waals surface area contributed by atoms with Crippen molar-refractivity contribution in [2.45, 2.75) is 33.6 Å². The van der Waals surface area contributed by atoms with Crippen molar-refractivity contribution in [3.8, 4) is 0 Å². The van der Waals surface area contributed by atoms with E-state index in [4.69, 9.17) is 9.63 Å². The maximum Gasteiger partial charge on any atom is 0.308 e. The van der Waals surface area contributed by atoms with Crippen molar-refractivity contribution in [2.24, 2.45) is 5.92 Å². The fourth-order valence-electron chi connectivity index (χ4n) is 1.62.